The first kappa shape index (κ1) is 45.2. The number of benzene rings is 6. The summed E-state index contributed by atoms with van der Waals surface area (Å²) in [6.07, 6.45) is 0. The number of hydrogen-bond acceptors (Lipinski definition) is 14. The number of nitrogens with one attached hydrogen (secondary N) is 4. The number of rotatable bonds is 10. The third-order valence-corrected chi connectivity index (χ3v) is 10.9. The Morgan fingerprint density at radius 2 is 0.881 bits per heavy atom. The molecule has 0 fully saturated rings. The van der Waals surface area contributed by atoms with Gasteiger partial charge in [0.1, 0.15) is 0 Å². The van der Waals surface area contributed by atoms with E-state index in [4.69, 9.17) is 0 Å². The van der Waals surface area contributed by atoms with Crippen molar-refractivity contribution in [2.75, 3.05) is 24.7 Å². The van der Waals surface area contributed by atoms with Crippen LogP contribution in [0, 0.1) is 0 Å². The van der Waals surface area contributed by atoms with E-state index >= 15 is 0 Å². The number of azo groups is 2. The van der Waals surface area contributed by atoms with Gasteiger partial charge in [-0.25, -0.2) is 26.3 Å². The van der Waals surface area contributed by atoms with Crippen molar-refractivity contribution in [1.29, 1.82) is 0 Å². The third-order valence-electron chi connectivity index (χ3n) is 8.12. The van der Waals surface area contributed by atoms with Gasteiger partial charge in [-0.15, -0.1) is 0 Å². The van der Waals surface area contributed by atoms with Crippen LogP contribution in [0.15, 0.2) is 127 Å². The van der Waals surface area contributed by atoms with Crippen molar-refractivity contribution in [2.45, 2.75) is 23.6 Å². The average molecular weight is 878 g/mol. The summed E-state index contributed by atoms with van der Waals surface area (Å²) in [5, 5.41) is 71.7. The standard InChI is InChI=1S/2C19H18N4O5S.Cr/c2*1-11(24)21-14-5-3-4-12-6-8-17(26)19(18(12)14)23-22-15-10-13(7-9-16(15)25)29(27,28)20-2;/h2*3-10,20,25-26H,1-2H3,(H,21,24);/q;;+3/p-3. The zero-order chi connectivity index (χ0) is 42.4. The Hall–Kier alpha value is -6.47. The molecule has 0 heterocycles. The molecule has 59 heavy (non-hydrogen) atoms. The summed E-state index contributed by atoms with van der Waals surface area (Å²) >= 11 is 0. The smallest absolute Gasteiger partial charge is 0.871 e. The van der Waals surface area contributed by atoms with E-state index in [1.165, 1.54) is 40.1 Å². The van der Waals surface area contributed by atoms with Crippen LogP contribution in [0.3, 0.4) is 0 Å². The first-order chi connectivity index (χ1) is 27.4. The second-order valence-corrected chi connectivity index (χ2v) is 15.8. The minimum absolute atomic E-state index is 0. The van der Waals surface area contributed by atoms with Gasteiger partial charge in [-0.1, -0.05) is 83.7 Å². The molecule has 18 nitrogen and oxygen atoms in total. The van der Waals surface area contributed by atoms with Gasteiger partial charge >= 0.3 is 18.8 Å². The Labute approximate surface area is 350 Å². The van der Waals surface area contributed by atoms with Crippen molar-refractivity contribution in [1.82, 2.24) is 9.44 Å². The van der Waals surface area contributed by atoms with Crippen molar-refractivity contribution < 1.29 is 65.6 Å². The fourth-order valence-corrected chi connectivity index (χ4v) is 6.90. The van der Waals surface area contributed by atoms with E-state index in [1.807, 2.05) is 0 Å². The van der Waals surface area contributed by atoms with Crippen LogP contribution >= 0.6 is 0 Å². The van der Waals surface area contributed by atoms with Crippen molar-refractivity contribution in [3.05, 3.63) is 97.1 Å². The molecule has 6 aromatic carbocycles. The van der Waals surface area contributed by atoms with Crippen molar-refractivity contribution in [3.8, 4) is 23.0 Å². The molecule has 303 valence electrons. The molecule has 0 saturated heterocycles. The van der Waals surface area contributed by atoms with Crippen molar-refractivity contribution in [2.24, 2.45) is 20.5 Å². The van der Waals surface area contributed by atoms with Crippen LogP contribution in [0.1, 0.15) is 15.3 Å². The van der Waals surface area contributed by atoms with Gasteiger partial charge in [-0.2, -0.15) is 20.5 Å². The first-order valence-corrected chi connectivity index (χ1v) is 19.8. The van der Waals surface area contributed by atoms with E-state index in [0.717, 1.165) is 36.4 Å². The molecule has 1 radical (unpaired) electrons. The quantitative estimate of drug-likeness (QED) is 0.138. The number of fused-ring (bicyclic) bond motifs is 2. The molecule has 6 rings (SSSR count). The fourth-order valence-electron chi connectivity index (χ4n) is 5.40. The summed E-state index contributed by atoms with van der Waals surface area (Å²) in [4.78, 5) is 22.7. The van der Waals surface area contributed by atoms with Gasteiger partial charge in [0.25, 0.3) is 0 Å². The summed E-state index contributed by atoms with van der Waals surface area (Å²) in [6, 6.07) is 22.4. The van der Waals surface area contributed by atoms with Gasteiger partial charge < -0.3 is 31.1 Å². The summed E-state index contributed by atoms with van der Waals surface area (Å²) in [5.74, 6) is -2.71. The number of hydrogen-bond donors (Lipinski definition) is 4. The molecule has 4 N–H and O–H groups in total. The van der Waals surface area contributed by atoms with Crippen LogP contribution < -0.4 is 40.5 Å². The molecule has 0 spiro atoms. The molecule has 0 atom stereocenters. The van der Waals surface area contributed by atoms with Crippen LogP contribution in [0.2, 0.25) is 0 Å². The van der Waals surface area contributed by atoms with Gasteiger partial charge in [-0.3, -0.25) is 9.59 Å². The molecule has 0 saturated carbocycles. The van der Waals surface area contributed by atoms with E-state index < -0.39 is 43.0 Å². The Kier molecular flexibility index (Phi) is 14.5. The molecule has 0 aromatic heterocycles. The SMILES string of the molecule is CNS(=O)(=O)c1ccc([O-])c(N=Nc2c([O-])ccc3cccc(NC(C)=O)c23)c1.CNS(=O)(=O)c1ccc([O-])c(N=Nc2c([O-])ccc3cccc(NC(C)=O)c23)c1.[Cr+3].[H+]. The maximum atomic E-state index is 12.4. The Morgan fingerprint density at radius 1 is 0.525 bits per heavy atom. The molecule has 0 bridgehead atoms. The maximum Gasteiger partial charge on any atom is 3.00 e. The molecule has 21 heteroatoms. The van der Waals surface area contributed by atoms with E-state index in [-0.39, 0.29) is 63.1 Å². The average Bonchev–Trinajstić information content (AvgIpc) is 3.18. The van der Waals surface area contributed by atoms with Crippen LogP contribution in [0.4, 0.5) is 34.1 Å². The second-order valence-electron chi connectivity index (χ2n) is 12.1. The fraction of sp³-hybridized carbons (Fsp3) is 0.105. The Balaban J connectivity index is 0.000000310. The maximum absolute atomic E-state index is 12.4. The van der Waals surface area contributed by atoms with E-state index in [2.05, 4.69) is 40.5 Å². The predicted octanol–water partition coefficient (Wildman–Crippen LogP) is 4.65. The zero-order valence-electron chi connectivity index (χ0n) is 32.3. The summed E-state index contributed by atoms with van der Waals surface area (Å²) < 4.78 is 52.0. The van der Waals surface area contributed by atoms with Crippen LogP contribution in [-0.4, -0.2) is 42.7 Å². The van der Waals surface area contributed by atoms with Gasteiger partial charge in [0.2, 0.25) is 31.9 Å². The number of nitrogens with zero attached hydrogens (tertiary/aromatic N) is 4. The topological polar surface area (TPSA) is 292 Å². The summed E-state index contributed by atoms with van der Waals surface area (Å²) in [7, 11) is -5.08. The van der Waals surface area contributed by atoms with Crippen LogP contribution in [0.25, 0.3) is 21.5 Å². The molecule has 0 aliphatic rings. The molecule has 0 aliphatic heterocycles. The van der Waals surface area contributed by atoms with Crippen molar-refractivity contribution >= 4 is 87.5 Å². The molecular formula is C38H33CrN8O10S2. The van der Waals surface area contributed by atoms with E-state index in [1.54, 1.807) is 48.5 Å². The Morgan fingerprint density at radius 3 is 1.22 bits per heavy atom. The van der Waals surface area contributed by atoms with Gasteiger partial charge in [-0.05, 0) is 61.3 Å². The summed E-state index contributed by atoms with van der Waals surface area (Å²) in [5.41, 5.74) is 0.108. The van der Waals surface area contributed by atoms with Crippen LogP contribution in [-0.2, 0) is 47.0 Å². The van der Waals surface area contributed by atoms with Gasteiger partial charge in [0.15, 0.2) is 0 Å². The minimum Gasteiger partial charge on any atom is -0.871 e. The zero-order valence-corrected chi connectivity index (χ0v) is 34.2. The molecule has 6 aromatic rings. The molecule has 2 amide bonds. The number of amides is 2. The van der Waals surface area contributed by atoms with Gasteiger partial charge in [0, 0.05) is 24.6 Å². The summed E-state index contributed by atoms with van der Waals surface area (Å²) in [6.45, 7) is 2.66. The van der Waals surface area contributed by atoms with Crippen molar-refractivity contribution in [3.63, 3.8) is 0 Å². The normalized spacial score (nSPS) is 11.6. The minimum atomic E-state index is -3.78. The van der Waals surface area contributed by atoms with Crippen LogP contribution in [0.5, 0.6) is 23.0 Å². The predicted molar refractivity (Wildman–Crippen MR) is 209 cm³/mol. The Bertz CT molecular complexity index is 2690. The molecule has 0 aliphatic carbocycles. The monoisotopic (exact) mass is 877 g/mol. The molecular weight excluding hydrogens is 845 g/mol. The third kappa shape index (κ3) is 10.5. The number of anilines is 2. The van der Waals surface area contributed by atoms with E-state index in [0.29, 0.717) is 32.9 Å². The molecule has 0 unspecified atom stereocenters. The second kappa shape index (κ2) is 18.9. The largest absolute Gasteiger partial charge is 3.00 e. The van der Waals surface area contributed by atoms with Gasteiger partial charge in [0.05, 0.1) is 43.9 Å². The number of carbonyl (C=O) groups is 2. The number of carbonyl (C=O) groups excluding carboxylic acids is 2. The van der Waals surface area contributed by atoms with E-state index in [9.17, 15) is 46.9 Å². The number of sulfonamides is 2. The first-order valence-electron chi connectivity index (χ1n) is 16.8.